The van der Waals surface area contributed by atoms with Crippen LogP contribution in [0, 0.1) is 13.8 Å². The lowest BCUT2D eigenvalue weighted by Crippen LogP contribution is -2.48. The molecule has 1 aromatic carbocycles. The van der Waals surface area contributed by atoms with Crippen LogP contribution in [0.2, 0.25) is 0 Å². The van der Waals surface area contributed by atoms with E-state index in [9.17, 15) is 0 Å². The number of aliphatic imine (C=N–C) groups is 1. The molecule has 2 fully saturated rings. The van der Waals surface area contributed by atoms with Crippen LogP contribution in [-0.2, 0) is 4.74 Å². The molecule has 0 spiro atoms. The van der Waals surface area contributed by atoms with Crippen molar-refractivity contribution in [3.8, 4) is 0 Å². The normalized spacial score (nSPS) is 21.5. The Labute approximate surface area is 206 Å². The van der Waals surface area contributed by atoms with Crippen molar-refractivity contribution in [1.82, 2.24) is 20.0 Å². The molecule has 0 aliphatic carbocycles. The van der Waals surface area contributed by atoms with Gasteiger partial charge < -0.3 is 24.8 Å². The van der Waals surface area contributed by atoms with Crippen molar-refractivity contribution in [2.24, 2.45) is 4.99 Å². The molecule has 7 heteroatoms. The Bertz CT molecular complexity index is 699. The lowest BCUT2D eigenvalue weighted by molar-refractivity contribution is -0.00833. The molecule has 3 rings (SSSR count). The molecule has 0 bridgehead atoms. The van der Waals surface area contributed by atoms with E-state index in [0.717, 1.165) is 51.7 Å². The van der Waals surface area contributed by atoms with Crippen molar-refractivity contribution in [1.29, 1.82) is 0 Å². The van der Waals surface area contributed by atoms with Crippen molar-refractivity contribution in [3.05, 3.63) is 34.9 Å². The van der Waals surface area contributed by atoms with Gasteiger partial charge in [-0.3, -0.25) is 4.99 Å². The third-order valence-electron chi connectivity index (χ3n) is 6.18. The molecular formula is C24H42IN5O. The Morgan fingerprint density at radius 2 is 2.00 bits per heavy atom. The van der Waals surface area contributed by atoms with Gasteiger partial charge in [-0.25, -0.2) is 0 Å². The number of morpholine rings is 1. The van der Waals surface area contributed by atoms with E-state index in [1.807, 2.05) is 0 Å². The Hall–Kier alpha value is -0.900. The Balaban J connectivity index is 0.00000341. The van der Waals surface area contributed by atoms with E-state index in [-0.39, 0.29) is 30.1 Å². The van der Waals surface area contributed by atoms with Gasteiger partial charge in [0.15, 0.2) is 5.96 Å². The SMILES string of the molecule is CCNC(=NCCCN1CCCN(C)CC1)N1CCOC(c2ccc(C)cc2C)C1.I. The number of nitrogens with one attached hydrogen (secondary N) is 1. The van der Waals surface area contributed by atoms with Crippen LogP contribution in [0.5, 0.6) is 0 Å². The van der Waals surface area contributed by atoms with Crippen molar-refractivity contribution < 1.29 is 4.74 Å². The van der Waals surface area contributed by atoms with Crippen LogP contribution in [0.1, 0.15) is 42.6 Å². The molecule has 2 heterocycles. The highest BCUT2D eigenvalue weighted by atomic mass is 127. The predicted molar refractivity (Wildman–Crippen MR) is 141 cm³/mol. The van der Waals surface area contributed by atoms with E-state index in [2.05, 4.69) is 66.0 Å². The first-order chi connectivity index (χ1) is 14.6. The van der Waals surface area contributed by atoms with Crippen LogP contribution >= 0.6 is 24.0 Å². The second-order valence-electron chi connectivity index (χ2n) is 8.75. The van der Waals surface area contributed by atoms with E-state index in [1.54, 1.807) is 0 Å². The summed E-state index contributed by atoms with van der Waals surface area (Å²) in [5.74, 6) is 1.03. The van der Waals surface area contributed by atoms with E-state index < -0.39 is 0 Å². The lowest BCUT2D eigenvalue weighted by Gasteiger charge is -2.36. The van der Waals surface area contributed by atoms with Gasteiger partial charge in [0, 0.05) is 32.7 Å². The topological polar surface area (TPSA) is 43.3 Å². The Morgan fingerprint density at radius 3 is 2.77 bits per heavy atom. The molecule has 2 aliphatic rings. The maximum atomic E-state index is 6.13. The molecule has 176 valence electrons. The van der Waals surface area contributed by atoms with Crippen LogP contribution in [-0.4, -0.2) is 93.2 Å². The van der Waals surface area contributed by atoms with Gasteiger partial charge in [0.1, 0.15) is 6.10 Å². The molecule has 1 unspecified atom stereocenters. The van der Waals surface area contributed by atoms with Crippen molar-refractivity contribution in [2.75, 3.05) is 72.6 Å². The summed E-state index contributed by atoms with van der Waals surface area (Å²) in [6.45, 7) is 16.7. The number of halogens is 1. The molecule has 1 aromatic rings. The summed E-state index contributed by atoms with van der Waals surface area (Å²) in [5, 5.41) is 3.50. The molecule has 6 nitrogen and oxygen atoms in total. The third-order valence-corrected chi connectivity index (χ3v) is 6.18. The zero-order valence-electron chi connectivity index (χ0n) is 19.9. The minimum Gasteiger partial charge on any atom is -0.370 e. The van der Waals surface area contributed by atoms with E-state index in [1.165, 1.54) is 49.3 Å². The molecule has 1 N–H and O–H groups in total. The fraction of sp³-hybridized carbons (Fsp3) is 0.708. The van der Waals surface area contributed by atoms with Gasteiger partial charge in [-0.2, -0.15) is 0 Å². The average molecular weight is 544 g/mol. The first-order valence-electron chi connectivity index (χ1n) is 11.7. The summed E-state index contributed by atoms with van der Waals surface area (Å²) in [7, 11) is 2.23. The Kier molecular flexibility index (Phi) is 11.6. The molecule has 0 amide bonds. The molecule has 0 aromatic heterocycles. The van der Waals surface area contributed by atoms with E-state index >= 15 is 0 Å². The quantitative estimate of drug-likeness (QED) is 0.258. The molecular weight excluding hydrogens is 501 g/mol. The first kappa shape index (κ1) is 26.4. The number of likely N-dealkylation sites (N-methyl/N-ethyl adjacent to an activating group) is 1. The van der Waals surface area contributed by atoms with Gasteiger partial charge in [-0.05, 0) is 71.4 Å². The van der Waals surface area contributed by atoms with Crippen molar-refractivity contribution in [2.45, 2.75) is 39.7 Å². The number of aryl methyl sites for hydroxylation is 2. The minimum absolute atomic E-state index is 0. The maximum Gasteiger partial charge on any atom is 0.194 e. The van der Waals surface area contributed by atoms with Crippen molar-refractivity contribution >= 4 is 29.9 Å². The summed E-state index contributed by atoms with van der Waals surface area (Å²) >= 11 is 0. The fourth-order valence-electron chi connectivity index (χ4n) is 4.45. The van der Waals surface area contributed by atoms with Crippen molar-refractivity contribution in [3.63, 3.8) is 0 Å². The summed E-state index contributed by atoms with van der Waals surface area (Å²) in [4.78, 5) is 12.4. The second-order valence-corrected chi connectivity index (χ2v) is 8.75. The molecule has 31 heavy (non-hydrogen) atoms. The van der Waals surface area contributed by atoms with Gasteiger partial charge in [-0.15, -0.1) is 24.0 Å². The summed E-state index contributed by atoms with van der Waals surface area (Å²) in [5.41, 5.74) is 3.91. The third kappa shape index (κ3) is 8.18. The first-order valence-corrected chi connectivity index (χ1v) is 11.7. The second kappa shape index (κ2) is 13.6. The zero-order chi connectivity index (χ0) is 21.3. The highest BCUT2D eigenvalue weighted by molar-refractivity contribution is 14.0. The van der Waals surface area contributed by atoms with Gasteiger partial charge in [0.25, 0.3) is 0 Å². The lowest BCUT2D eigenvalue weighted by atomic mass is 10.00. The number of guanidine groups is 1. The highest BCUT2D eigenvalue weighted by Crippen LogP contribution is 2.26. The molecule has 2 saturated heterocycles. The smallest absolute Gasteiger partial charge is 0.194 e. The fourth-order valence-corrected chi connectivity index (χ4v) is 4.45. The van der Waals surface area contributed by atoms with Crippen LogP contribution < -0.4 is 5.32 Å². The van der Waals surface area contributed by atoms with Gasteiger partial charge >= 0.3 is 0 Å². The summed E-state index contributed by atoms with van der Waals surface area (Å²) < 4.78 is 6.13. The molecule has 2 aliphatic heterocycles. The molecule has 0 saturated carbocycles. The standard InChI is InChI=1S/C24H41N5O.HI/c1-5-25-24(26-10-6-12-28-13-7-11-27(4)14-15-28)29-16-17-30-23(19-29)22-9-8-20(2)18-21(22)3;/h8-9,18,23H,5-7,10-17,19H2,1-4H3,(H,25,26);1H. The molecule has 0 radical (unpaired) electrons. The van der Waals surface area contributed by atoms with Crippen LogP contribution in [0.3, 0.4) is 0 Å². The highest BCUT2D eigenvalue weighted by Gasteiger charge is 2.25. The summed E-state index contributed by atoms with van der Waals surface area (Å²) in [6.07, 6.45) is 2.50. The van der Waals surface area contributed by atoms with Gasteiger partial charge in [-0.1, -0.05) is 23.8 Å². The zero-order valence-corrected chi connectivity index (χ0v) is 22.2. The average Bonchev–Trinajstić information content (AvgIpc) is 2.94. The Morgan fingerprint density at radius 1 is 1.16 bits per heavy atom. The van der Waals surface area contributed by atoms with E-state index in [0.29, 0.717) is 0 Å². The number of nitrogens with zero attached hydrogens (tertiary/aromatic N) is 4. The maximum absolute atomic E-state index is 6.13. The number of benzene rings is 1. The number of hydrogen-bond donors (Lipinski definition) is 1. The monoisotopic (exact) mass is 543 g/mol. The largest absolute Gasteiger partial charge is 0.370 e. The van der Waals surface area contributed by atoms with Crippen LogP contribution in [0.15, 0.2) is 23.2 Å². The number of ether oxygens (including phenoxy) is 1. The number of rotatable bonds is 6. The van der Waals surface area contributed by atoms with E-state index in [4.69, 9.17) is 9.73 Å². The van der Waals surface area contributed by atoms with Gasteiger partial charge in [0.05, 0.1) is 13.2 Å². The number of hydrogen-bond acceptors (Lipinski definition) is 4. The van der Waals surface area contributed by atoms with Crippen LogP contribution in [0.4, 0.5) is 0 Å². The van der Waals surface area contributed by atoms with Crippen LogP contribution in [0.25, 0.3) is 0 Å². The minimum atomic E-state index is 0. The molecule has 1 atom stereocenters. The summed E-state index contributed by atoms with van der Waals surface area (Å²) in [6, 6.07) is 6.66. The van der Waals surface area contributed by atoms with Gasteiger partial charge in [0.2, 0.25) is 0 Å². The predicted octanol–water partition coefficient (Wildman–Crippen LogP) is 3.29.